The molecule has 4 rings (SSSR count). The molecule has 1 atom stereocenters. The van der Waals surface area contributed by atoms with Crippen molar-refractivity contribution in [1.29, 1.82) is 0 Å². The molecule has 0 aliphatic carbocycles. The molecular formula is C27H23N2O4S-. The Kier molecular flexibility index (Phi) is 7.15. The summed E-state index contributed by atoms with van der Waals surface area (Å²) < 4.78 is 28.2. The summed E-state index contributed by atoms with van der Waals surface area (Å²) in [7, 11) is 0. The van der Waals surface area contributed by atoms with Gasteiger partial charge in [-0.1, -0.05) is 73.1 Å². The zero-order valence-corrected chi connectivity index (χ0v) is 19.4. The van der Waals surface area contributed by atoms with E-state index >= 15 is 0 Å². The second kappa shape index (κ2) is 10.4. The van der Waals surface area contributed by atoms with E-state index < -0.39 is 17.0 Å². The number of nitrogens with one attached hydrogen (secondary N) is 1. The number of allylic oxidation sites excluding steroid dienone is 1. The highest BCUT2D eigenvalue weighted by atomic mass is 32.2. The molecule has 0 saturated heterocycles. The molecule has 7 heteroatoms. The van der Waals surface area contributed by atoms with E-state index in [1.54, 1.807) is 18.3 Å². The van der Waals surface area contributed by atoms with Crippen LogP contribution in [-0.4, -0.2) is 24.9 Å². The number of ether oxygens (including phenoxy) is 1. The normalized spacial score (nSPS) is 12.8. The first-order valence-electron chi connectivity index (χ1n) is 10.8. The molecule has 34 heavy (non-hydrogen) atoms. The molecule has 0 bridgehead atoms. The smallest absolute Gasteiger partial charge is 0.335 e. The highest BCUT2D eigenvalue weighted by Crippen LogP contribution is 2.39. The molecule has 0 aliphatic rings. The number of para-hydroxylation sites is 1. The van der Waals surface area contributed by atoms with E-state index in [4.69, 9.17) is 4.74 Å². The lowest BCUT2D eigenvalue weighted by Crippen LogP contribution is -2.06. The Morgan fingerprint density at radius 1 is 1.12 bits per heavy atom. The maximum absolute atomic E-state index is 12.1. The van der Waals surface area contributed by atoms with Crippen molar-refractivity contribution in [3.05, 3.63) is 108 Å². The molecule has 3 aromatic carbocycles. The number of hydrogen-bond donors (Lipinski definition) is 1. The number of nitrogens with zero attached hydrogens (tertiary/aromatic N) is 1. The van der Waals surface area contributed by atoms with Crippen LogP contribution in [0.4, 0.5) is 0 Å². The van der Waals surface area contributed by atoms with Crippen molar-refractivity contribution in [3.63, 3.8) is 0 Å². The molecule has 0 fully saturated rings. The number of benzene rings is 3. The van der Waals surface area contributed by atoms with Gasteiger partial charge in [0.15, 0.2) is 0 Å². The Hall–Kier alpha value is -3.81. The summed E-state index contributed by atoms with van der Waals surface area (Å²) in [5.41, 5.74) is 6.06. The molecule has 1 heterocycles. The van der Waals surface area contributed by atoms with E-state index in [0.29, 0.717) is 17.7 Å². The number of aromatic nitrogens is 2. The summed E-state index contributed by atoms with van der Waals surface area (Å²) in [6, 6.07) is 20.8. The van der Waals surface area contributed by atoms with Crippen LogP contribution in [0.2, 0.25) is 0 Å². The molecule has 0 saturated carbocycles. The number of hydrogen-bond acceptors (Lipinski definition) is 5. The van der Waals surface area contributed by atoms with Gasteiger partial charge in [0, 0.05) is 22.8 Å². The van der Waals surface area contributed by atoms with Crippen molar-refractivity contribution in [1.82, 2.24) is 10.2 Å². The summed E-state index contributed by atoms with van der Waals surface area (Å²) in [4.78, 5) is 12.1. The molecule has 0 spiro atoms. The van der Waals surface area contributed by atoms with Crippen molar-refractivity contribution < 1.29 is 18.3 Å². The molecular weight excluding hydrogens is 448 g/mol. The summed E-state index contributed by atoms with van der Waals surface area (Å²) in [5, 5.41) is 8.04. The summed E-state index contributed by atoms with van der Waals surface area (Å²) in [6.45, 7) is 5.55. The van der Waals surface area contributed by atoms with Gasteiger partial charge in [-0.3, -0.25) is 9.31 Å². The minimum atomic E-state index is -2.19. The van der Waals surface area contributed by atoms with Gasteiger partial charge in [0.2, 0.25) is 0 Å². The molecule has 1 N–H and O–H groups in total. The Morgan fingerprint density at radius 2 is 1.94 bits per heavy atom. The molecule has 1 aromatic heterocycles. The van der Waals surface area contributed by atoms with Crippen molar-refractivity contribution in [2.45, 2.75) is 19.1 Å². The highest BCUT2D eigenvalue weighted by Gasteiger charge is 2.19. The zero-order chi connectivity index (χ0) is 24.1. The van der Waals surface area contributed by atoms with Crippen LogP contribution in [0.3, 0.4) is 0 Å². The first-order chi connectivity index (χ1) is 16.5. The fourth-order valence-corrected chi connectivity index (χ4v) is 4.46. The molecule has 1 unspecified atom stereocenters. The van der Waals surface area contributed by atoms with E-state index in [0.717, 1.165) is 44.8 Å². The van der Waals surface area contributed by atoms with Crippen LogP contribution < -0.4 is 4.74 Å². The lowest BCUT2D eigenvalue weighted by Gasteiger charge is -2.19. The van der Waals surface area contributed by atoms with Crippen LogP contribution in [0.5, 0.6) is 5.75 Å². The Morgan fingerprint density at radius 3 is 2.71 bits per heavy atom. The van der Waals surface area contributed by atoms with Crippen molar-refractivity contribution in [2.75, 3.05) is 0 Å². The van der Waals surface area contributed by atoms with E-state index in [9.17, 15) is 13.6 Å². The molecule has 6 nitrogen and oxygen atoms in total. The summed E-state index contributed by atoms with van der Waals surface area (Å²) >= 11 is -2.19. The molecule has 172 valence electrons. The van der Waals surface area contributed by atoms with E-state index in [-0.39, 0.29) is 5.75 Å². The SMILES string of the molecule is C=CC(=O)Oc1ccccc1/C(=C(\CC)c1cccc(CS(=O)[O-])c1)c1ccc2[nH]ncc2c1. The number of carbonyl (C=O) groups excluding carboxylic acids is 1. The lowest BCUT2D eigenvalue weighted by molar-refractivity contribution is -0.128. The van der Waals surface area contributed by atoms with Gasteiger partial charge in [0.1, 0.15) is 5.75 Å². The van der Waals surface area contributed by atoms with Crippen LogP contribution in [-0.2, 0) is 21.6 Å². The predicted molar refractivity (Wildman–Crippen MR) is 134 cm³/mol. The Labute approximate surface area is 200 Å². The Balaban J connectivity index is 1.99. The first-order valence-corrected chi connectivity index (χ1v) is 12.0. The van der Waals surface area contributed by atoms with Crippen LogP contribution in [0.25, 0.3) is 22.0 Å². The zero-order valence-electron chi connectivity index (χ0n) is 18.6. The summed E-state index contributed by atoms with van der Waals surface area (Å²) in [5.74, 6) is -0.193. The number of rotatable bonds is 8. The number of fused-ring (bicyclic) bond motifs is 1. The number of aromatic amines is 1. The standard InChI is InChI=1S/C27H24N2O4S/c1-3-22(19-9-7-8-18(14-19)17-34(31)32)27(20-12-13-24-21(15-20)16-28-29-24)23-10-5-6-11-25(23)33-26(30)4-2/h4-16H,2-3,17H2,1H3,(H,28,29)(H,31,32)/p-1/b27-22+. The third kappa shape index (κ3) is 5.06. The average Bonchev–Trinajstić information content (AvgIpc) is 3.30. The van der Waals surface area contributed by atoms with Gasteiger partial charge < -0.3 is 9.29 Å². The third-order valence-corrected chi connectivity index (χ3v) is 6.05. The predicted octanol–water partition coefficient (Wildman–Crippen LogP) is 5.40. The molecule has 4 aromatic rings. The summed E-state index contributed by atoms with van der Waals surface area (Å²) in [6.07, 6.45) is 3.55. The molecule has 0 amide bonds. The third-order valence-electron chi connectivity index (χ3n) is 5.48. The highest BCUT2D eigenvalue weighted by molar-refractivity contribution is 7.78. The van der Waals surface area contributed by atoms with Gasteiger partial charge in [-0.2, -0.15) is 5.10 Å². The lowest BCUT2D eigenvalue weighted by atomic mass is 9.87. The fourth-order valence-electron chi connectivity index (χ4n) is 4.01. The average molecular weight is 472 g/mol. The van der Waals surface area contributed by atoms with Crippen LogP contribution in [0.1, 0.15) is 35.6 Å². The van der Waals surface area contributed by atoms with E-state index in [1.165, 1.54) is 0 Å². The number of H-pyrrole nitrogens is 1. The van der Waals surface area contributed by atoms with Gasteiger partial charge in [-0.25, -0.2) is 4.79 Å². The minimum Gasteiger partial charge on any atom is -0.772 e. The molecule has 0 aliphatic heterocycles. The maximum Gasteiger partial charge on any atom is 0.335 e. The van der Waals surface area contributed by atoms with Gasteiger partial charge in [0.05, 0.1) is 11.7 Å². The first kappa shape index (κ1) is 23.4. The van der Waals surface area contributed by atoms with Gasteiger partial charge in [-0.15, -0.1) is 0 Å². The van der Waals surface area contributed by atoms with Crippen molar-refractivity contribution in [3.8, 4) is 5.75 Å². The van der Waals surface area contributed by atoms with Crippen molar-refractivity contribution in [2.24, 2.45) is 0 Å². The van der Waals surface area contributed by atoms with Crippen molar-refractivity contribution >= 4 is 39.1 Å². The van der Waals surface area contributed by atoms with Gasteiger partial charge in [-0.05, 0) is 52.5 Å². The number of esters is 1. The fraction of sp³-hybridized carbons (Fsp3) is 0.111. The van der Waals surface area contributed by atoms with E-state index in [2.05, 4.69) is 16.8 Å². The minimum absolute atomic E-state index is 0.0608. The van der Waals surface area contributed by atoms with Crippen LogP contribution in [0.15, 0.2) is 85.6 Å². The van der Waals surface area contributed by atoms with E-state index in [1.807, 2.05) is 61.5 Å². The van der Waals surface area contributed by atoms with Crippen LogP contribution in [0, 0.1) is 0 Å². The topological polar surface area (TPSA) is 95.1 Å². The second-order valence-electron chi connectivity index (χ2n) is 7.65. The quantitative estimate of drug-likeness (QED) is 0.122. The molecule has 0 radical (unpaired) electrons. The largest absolute Gasteiger partial charge is 0.772 e. The second-order valence-corrected chi connectivity index (χ2v) is 8.55. The van der Waals surface area contributed by atoms with Crippen LogP contribution >= 0.6 is 0 Å². The Bertz CT molecular complexity index is 1420. The monoisotopic (exact) mass is 471 g/mol. The van der Waals surface area contributed by atoms with Gasteiger partial charge in [0.25, 0.3) is 0 Å². The number of carbonyl (C=O) groups is 1. The maximum atomic E-state index is 12.1. The van der Waals surface area contributed by atoms with Gasteiger partial charge >= 0.3 is 5.97 Å².